The monoisotopic (exact) mass is 378 g/mol. The second-order valence-electron chi connectivity index (χ2n) is 5.97. The number of hydrogen-bond donors (Lipinski definition) is 2. The van der Waals surface area contributed by atoms with Gasteiger partial charge in [0.1, 0.15) is 6.04 Å². The fraction of sp³-hybridized carbons (Fsp3) is 0.316. The summed E-state index contributed by atoms with van der Waals surface area (Å²) in [5.41, 5.74) is 3.35. The zero-order valence-electron chi connectivity index (χ0n) is 14.4. The molecule has 1 aliphatic rings. The number of anilines is 1. The van der Waals surface area contributed by atoms with Crippen LogP contribution in [-0.4, -0.2) is 31.7 Å². The van der Waals surface area contributed by atoms with Crippen molar-refractivity contribution in [2.45, 2.75) is 29.7 Å². The summed E-state index contributed by atoms with van der Waals surface area (Å²) >= 11 is 1.73. The highest BCUT2D eigenvalue weighted by Crippen LogP contribution is 2.31. The molecule has 3 rings (SSSR count). The Balaban J connectivity index is 0.00000225. The van der Waals surface area contributed by atoms with Crippen LogP contribution in [0.5, 0.6) is 0 Å². The fourth-order valence-corrected chi connectivity index (χ4v) is 3.49. The van der Waals surface area contributed by atoms with Crippen LogP contribution in [0.4, 0.5) is 5.69 Å². The van der Waals surface area contributed by atoms with Crippen LogP contribution in [0.1, 0.15) is 11.1 Å². The average Bonchev–Trinajstić information content (AvgIpc) is 2.60. The number of ether oxygens (including phenoxy) is 1. The first-order chi connectivity index (χ1) is 11.6. The molecule has 134 valence electrons. The first-order valence-electron chi connectivity index (χ1n) is 8.09. The molecular weight excluding hydrogens is 356 g/mol. The number of benzene rings is 2. The molecule has 1 fully saturated rings. The molecular formula is C19H23ClN2O2S. The summed E-state index contributed by atoms with van der Waals surface area (Å²) in [6, 6.07) is 14.1. The van der Waals surface area contributed by atoms with Gasteiger partial charge in [-0.3, -0.25) is 4.79 Å². The van der Waals surface area contributed by atoms with Gasteiger partial charge in [-0.1, -0.05) is 29.5 Å². The van der Waals surface area contributed by atoms with E-state index in [2.05, 4.69) is 42.7 Å². The quantitative estimate of drug-likeness (QED) is 0.849. The number of rotatable bonds is 4. The zero-order chi connectivity index (χ0) is 16.9. The number of halogens is 1. The lowest BCUT2D eigenvalue weighted by Crippen LogP contribution is -2.48. The average molecular weight is 379 g/mol. The second kappa shape index (κ2) is 9.25. The maximum absolute atomic E-state index is 12.2. The summed E-state index contributed by atoms with van der Waals surface area (Å²) < 4.78 is 5.32. The van der Waals surface area contributed by atoms with Crippen molar-refractivity contribution >= 4 is 35.8 Å². The molecule has 0 bridgehead atoms. The van der Waals surface area contributed by atoms with Gasteiger partial charge in [0.05, 0.1) is 13.2 Å². The normalized spacial score (nSPS) is 16.8. The first kappa shape index (κ1) is 19.8. The summed E-state index contributed by atoms with van der Waals surface area (Å²) in [6.45, 7) is 6.03. The van der Waals surface area contributed by atoms with E-state index in [4.69, 9.17) is 4.74 Å². The number of amides is 1. The van der Waals surface area contributed by atoms with Crippen molar-refractivity contribution < 1.29 is 9.53 Å². The van der Waals surface area contributed by atoms with Gasteiger partial charge in [-0.25, -0.2) is 0 Å². The molecule has 2 aromatic rings. The standard InChI is InChI=1S/C19H22N2O2S.ClH/c1-13-3-8-18(14(2)11-13)24-16-6-4-15(5-7-16)21-19(22)17-12-23-10-9-20-17;/h3-8,11,17,20H,9-10,12H2,1-2H3,(H,21,22);1H. The molecule has 1 unspecified atom stereocenters. The Hall–Kier alpha value is -1.53. The van der Waals surface area contributed by atoms with Crippen molar-refractivity contribution in [2.75, 3.05) is 25.1 Å². The first-order valence-corrected chi connectivity index (χ1v) is 8.90. The third kappa shape index (κ3) is 5.47. The summed E-state index contributed by atoms with van der Waals surface area (Å²) in [5.74, 6) is -0.0514. The maximum Gasteiger partial charge on any atom is 0.243 e. The largest absolute Gasteiger partial charge is 0.378 e. The van der Waals surface area contributed by atoms with E-state index in [0.29, 0.717) is 19.8 Å². The summed E-state index contributed by atoms with van der Waals surface area (Å²) in [4.78, 5) is 14.6. The Morgan fingerprint density at radius 1 is 1.20 bits per heavy atom. The fourth-order valence-electron chi connectivity index (χ4n) is 2.61. The molecule has 25 heavy (non-hydrogen) atoms. The van der Waals surface area contributed by atoms with Crippen molar-refractivity contribution in [1.82, 2.24) is 5.32 Å². The van der Waals surface area contributed by atoms with Crippen LogP contribution in [-0.2, 0) is 9.53 Å². The molecule has 0 saturated carbocycles. The maximum atomic E-state index is 12.2. The van der Waals surface area contributed by atoms with Gasteiger partial charge >= 0.3 is 0 Å². The van der Waals surface area contributed by atoms with E-state index in [1.165, 1.54) is 16.0 Å². The van der Waals surface area contributed by atoms with Crippen LogP contribution >= 0.6 is 24.2 Å². The number of carbonyl (C=O) groups is 1. The minimum atomic E-state index is -0.275. The van der Waals surface area contributed by atoms with Crippen LogP contribution in [0.2, 0.25) is 0 Å². The highest BCUT2D eigenvalue weighted by molar-refractivity contribution is 7.99. The van der Waals surface area contributed by atoms with Crippen LogP contribution in [0, 0.1) is 13.8 Å². The van der Waals surface area contributed by atoms with Gasteiger partial charge in [-0.05, 0) is 49.7 Å². The third-order valence-corrected chi connectivity index (χ3v) is 5.10. The SMILES string of the molecule is Cc1ccc(Sc2ccc(NC(=O)C3COCCN3)cc2)c(C)c1.Cl. The van der Waals surface area contributed by atoms with E-state index >= 15 is 0 Å². The van der Waals surface area contributed by atoms with Crippen LogP contribution < -0.4 is 10.6 Å². The molecule has 2 N–H and O–H groups in total. The topological polar surface area (TPSA) is 50.4 Å². The number of aryl methyl sites for hydroxylation is 2. The highest BCUT2D eigenvalue weighted by atomic mass is 35.5. The number of carbonyl (C=O) groups excluding carboxylic acids is 1. The molecule has 4 nitrogen and oxygen atoms in total. The van der Waals surface area contributed by atoms with Crippen molar-refractivity contribution in [2.24, 2.45) is 0 Å². The molecule has 6 heteroatoms. The lowest BCUT2D eigenvalue weighted by molar-refractivity contribution is -0.120. The number of morpholine rings is 1. The van der Waals surface area contributed by atoms with Gasteiger partial charge in [0.15, 0.2) is 0 Å². The molecule has 1 atom stereocenters. The van der Waals surface area contributed by atoms with Gasteiger partial charge in [0.2, 0.25) is 5.91 Å². The van der Waals surface area contributed by atoms with Gasteiger partial charge in [0, 0.05) is 22.0 Å². The van der Waals surface area contributed by atoms with Crippen molar-refractivity contribution in [1.29, 1.82) is 0 Å². The molecule has 0 spiro atoms. The molecule has 1 amide bonds. The van der Waals surface area contributed by atoms with Crippen LogP contribution in [0.15, 0.2) is 52.3 Å². The second-order valence-corrected chi connectivity index (χ2v) is 7.08. The van der Waals surface area contributed by atoms with Gasteiger partial charge < -0.3 is 15.4 Å². The van der Waals surface area contributed by atoms with Crippen molar-refractivity contribution in [3.8, 4) is 0 Å². The summed E-state index contributed by atoms with van der Waals surface area (Å²) in [7, 11) is 0. The van der Waals surface area contributed by atoms with E-state index in [1.807, 2.05) is 24.3 Å². The van der Waals surface area contributed by atoms with Gasteiger partial charge in [-0.15, -0.1) is 12.4 Å². The molecule has 0 aliphatic carbocycles. The minimum Gasteiger partial charge on any atom is -0.378 e. The Morgan fingerprint density at radius 3 is 2.60 bits per heavy atom. The van der Waals surface area contributed by atoms with E-state index in [-0.39, 0.29) is 24.4 Å². The summed E-state index contributed by atoms with van der Waals surface area (Å²) in [5, 5.41) is 6.08. The van der Waals surface area contributed by atoms with Gasteiger partial charge in [-0.2, -0.15) is 0 Å². The minimum absolute atomic E-state index is 0. The van der Waals surface area contributed by atoms with E-state index in [1.54, 1.807) is 11.8 Å². The molecule has 1 saturated heterocycles. The number of hydrogen-bond acceptors (Lipinski definition) is 4. The Bertz CT molecular complexity index is 716. The van der Waals surface area contributed by atoms with Gasteiger partial charge in [0.25, 0.3) is 0 Å². The lowest BCUT2D eigenvalue weighted by Gasteiger charge is -2.22. The Labute approximate surface area is 159 Å². The number of nitrogens with one attached hydrogen (secondary N) is 2. The van der Waals surface area contributed by atoms with Crippen LogP contribution in [0.3, 0.4) is 0 Å². The Kier molecular flexibility index (Phi) is 7.32. The zero-order valence-corrected chi connectivity index (χ0v) is 16.0. The Morgan fingerprint density at radius 2 is 1.96 bits per heavy atom. The predicted molar refractivity (Wildman–Crippen MR) is 105 cm³/mol. The lowest BCUT2D eigenvalue weighted by atomic mass is 10.2. The van der Waals surface area contributed by atoms with E-state index in [9.17, 15) is 4.79 Å². The van der Waals surface area contributed by atoms with Crippen molar-refractivity contribution in [3.05, 3.63) is 53.6 Å². The highest BCUT2D eigenvalue weighted by Gasteiger charge is 2.20. The van der Waals surface area contributed by atoms with Crippen LogP contribution in [0.25, 0.3) is 0 Å². The summed E-state index contributed by atoms with van der Waals surface area (Å²) in [6.07, 6.45) is 0. The molecule has 0 radical (unpaired) electrons. The van der Waals surface area contributed by atoms with Crippen molar-refractivity contribution in [3.63, 3.8) is 0 Å². The van der Waals surface area contributed by atoms with E-state index < -0.39 is 0 Å². The smallest absolute Gasteiger partial charge is 0.243 e. The third-order valence-electron chi connectivity index (χ3n) is 3.92. The molecule has 0 aromatic heterocycles. The molecule has 2 aromatic carbocycles. The molecule has 1 aliphatic heterocycles. The molecule has 1 heterocycles. The predicted octanol–water partition coefficient (Wildman–Crippen LogP) is 3.80. The van der Waals surface area contributed by atoms with E-state index in [0.717, 1.165) is 10.6 Å².